The van der Waals surface area contributed by atoms with E-state index >= 15 is 0 Å². The molecular weight excluding hydrogens is 333 g/mol. The number of hydrogen-bond donors (Lipinski definition) is 2. The molecule has 1 saturated heterocycles. The summed E-state index contributed by atoms with van der Waals surface area (Å²) in [5.41, 5.74) is 1.77. The topological polar surface area (TPSA) is 46.4 Å². The van der Waals surface area contributed by atoms with Crippen molar-refractivity contribution in [3.63, 3.8) is 0 Å². The molecule has 1 aliphatic rings. The van der Waals surface area contributed by atoms with Crippen molar-refractivity contribution in [2.24, 2.45) is 0 Å². The van der Waals surface area contributed by atoms with Crippen LogP contribution in [0.25, 0.3) is 0 Å². The second-order valence-corrected chi connectivity index (χ2v) is 6.60. The monoisotopic (exact) mass is 350 g/mol. The number of rotatable bonds is 4. The van der Waals surface area contributed by atoms with E-state index in [1.54, 1.807) is 0 Å². The minimum absolute atomic E-state index is 0.151. The molecule has 1 unspecified atom stereocenters. The van der Waals surface area contributed by atoms with Crippen LogP contribution in [0, 0.1) is 0 Å². The van der Waals surface area contributed by atoms with Crippen LogP contribution in [0.15, 0.2) is 42.5 Å². The molecule has 0 spiro atoms. The van der Waals surface area contributed by atoms with Crippen LogP contribution in [-0.4, -0.2) is 30.0 Å². The highest BCUT2D eigenvalue weighted by molar-refractivity contribution is 6.33. The molecule has 23 heavy (non-hydrogen) atoms. The zero-order valence-electron chi connectivity index (χ0n) is 12.6. The van der Waals surface area contributed by atoms with Crippen molar-refractivity contribution in [3.05, 3.63) is 63.9 Å². The summed E-state index contributed by atoms with van der Waals surface area (Å²) in [7, 11) is 0. The Morgan fingerprint density at radius 1 is 1.22 bits per heavy atom. The molecular formula is C17H18Cl2N3O+. The largest absolute Gasteiger partial charge is 0.343 e. The summed E-state index contributed by atoms with van der Waals surface area (Å²) < 4.78 is 0. The van der Waals surface area contributed by atoms with Gasteiger partial charge in [0.1, 0.15) is 16.9 Å². The fraction of sp³-hybridized carbons (Fsp3) is 0.294. The number of halogens is 2. The molecule has 2 N–H and O–H groups in total. The number of hydrogen-bond acceptors (Lipinski definition) is 2. The number of nitrogens with one attached hydrogen (secondary N) is 2. The molecule has 1 fully saturated rings. The van der Waals surface area contributed by atoms with Gasteiger partial charge in [-0.3, -0.25) is 4.79 Å². The van der Waals surface area contributed by atoms with E-state index in [2.05, 4.69) is 34.6 Å². The van der Waals surface area contributed by atoms with Gasteiger partial charge in [-0.25, -0.2) is 4.98 Å². The van der Waals surface area contributed by atoms with Crippen LogP contribution in [0.3, 0.4) is 0 Å². The number of likely N-dealkylation sites (tertiary alicyclic amines) is 1. The Morgan fingerprint density at radius 3 is 2.61 bits per heavy atom. The lowest BCUT2D eigenvalue weighted by Gasteiger charge is -2.14. The van der Waals surface area contributed by atoms with E-state index in [0.29, 0.717) is 5.56 Å². The number of aromatic nitrogens is 1. The minimum atomic E-state index is -0.151. The maximum Gasteiger partial charge on any atom is 0.251 e. The zero-order chi connectivity index (χ0) is 16.2. The zero-order valence-corrected chi connectivity index (χ0v) is 14.1. The Hall–Kier alpha value is -1.62. The first-order chi connectivity index (χ1) is 11.1. The van der Waals surface area contributed by atoms with Crippen LogP contribution in [0.4, 0.5) is 0 Å². The Labute approximate surface area is 145 Å². The number of benzene rings is 1. The molecule has 3 rings (SSSR count). The maximum atomic E-state index is 12.3. The number of amides is 1. The molecule has 2 aromatic rings. The smallest absolute Gasteiger partial charge is 0.251 e. The van der Waals surface area contributed by atoms with E-state index in [-0.39, 0.29) is 22.3 Å². The van der Waals surface area contributed by atoms with Crippen molar-refractivity contribution in [3.8, 4) is 0 Å². The van der Waals surface area contributed by atoms with Gasteiger partial charge in [0.2, 0.25) is 0 Å². The first-order valence-corrected chi connectivity index (χ1v) is 8.37. The molecule has 0 radical (unpaired) electrons. The van der Waals surface area contributed by atoms with E-state index < -0.39 is 0 Å². The molecule has 1 aliphatic heterocycles. The van der Waals surface area contributed by atoms with Crippen molar-refractivity contribution in [2.45, 2.75) is 19.0 Å². The lowest BCUT2D eigenvalue weighted by molar-refractivity contribution is -0.901. The lowest BCUT2D eigenvalue weighted by atomic mass is 10.2. The SMILES string of the molecule is O=C(N[C@H]1CC[NH+](Cc2ccccc2)C1)c1cc(Cl)nc(Cl)c1. The summed E-state index contributed by atoms with van der Waals surface area (Å²) in [5.74, 6) is -0.151. The lowest BCUT2D eigenvalue weighted by Crippen LogP contribution is -3.09. The normalized spacial score (nSPS) is 20.4. The minimum Gasteiger partial charge on any atom is -0.343 e. The van der Waals surface area contributed by atoms with Crippen molar-refractivity contribution in [2.75, 3.05) is 13.1 Å². The second kappa shape index (κ2) is 7.30. The Kier molecular flexibility index (Phi) is 5.16. The first kappa shape index (κ1) is 16.2. The molecule has 0 aliphatic carbocycles. The van der Waals surface area contributed by atoms with Gasteiger partial charge in [0.05, 0.1) is 19.1 Å². The fourth-order valence-electron chi connectivity index (χ4n) is 2.96. The number of quaternary nitrogens is 1. The van der Waals surface area contributed by atoms with Gasteiger partial charge in [-0.05, 0) is 12.1 Å². The van der Waals surface area contributed by atoms with Gasteiger partial charge in [0.25, 0.3) is 5.91 Å². The summed E-state index contributed by atoms with van der Waals surface area (Å²) in [4.78, 5) is 17.6. The van der Waals surface area contributed by atoms with Crippen LogP contribution in [0.1, 0.15) is 22.3 Å². The molecule has 6 heteroatoms. The fourth-order valence-corrected chi connectivity index (χ4v) is 3.42. The van der Waals surface area contributed by atoms with Crippen LogP contribution in [0.5, 0.6) is 0 Å². The van der Waals surface area contributed by atoms with Gasteiger partial charge in [-0.1, -0.05) is 53.5 Å². The number of carbonyl (C=O) groups is 1. The number of carbonyl (C=O) groups excluding carboxylic acids is 1. The molecule has 0 bridgehead atoms. The van der Waals surface area contributed by atoms with E-state index in [0.717, 1.165) is 26.1 Å². The average Bonchev–Trinajstić information content (AvgIpc) is 2.94. The van der Waals surface area contributed by atoms with E-state index in [4.69, 9.17) is 23.2 Å². The first-order valence-electron chi connectivity index (χ1n) is 7.61. The molecule has 4 nitrogen and oxygen atoms in total. The third kappa shape index (κ3) is 4.44. The van der Waals surface area contributed by atoms with Crippen LogP contribution >= 0.6 is 23.2 Å². The summed E-state index contributed by atoms with van der Waals surface area (Å²) >= 11 is 11.7. The molecule has 2 atom stereocenters. The highest BCUT2D eigenvalue weighted by Crippen LogP contribution is 2.14. The Bertz CT molecular complexity index is 673. The predicted molar refractivity (Wildman–Crippen MR) is 91.0 cm³/mol. The average molecular weight is 351 g/mol. The molecule has 1 aromatic heterocycles. The molecule has 1 amide bonds. The summed E-state index contributed by atoms with van der Waals surface area (Å²) in [6.45, 7) is 2.96. The van der Waals surface area contributed by atoms with Gasteiger partial charge < -0.3 is 10.2 Å². The van der Waals surface area contributed by atoms with E-state index in [9.17, 15) is 4.79 Å². The Morgan fingerprint density at radius 2 is 1.91 bits per heavy atom. The van der Waals surface area contributed by atoms with Gasteiger partial charge in [0, 0.05) is 17.5 Å². The standard InChI is InChI=1S/C17H17Cl2N3O/c18-15-8-13(9-16(19)21-15)17(23)20-14-6-7-22(11-14)10-12-4-2-1-3-5-12/h1-5,8-9,14H,6-7,10-11H2,(H,20,23)/p+1/t14-/m0/s1. The van der Waals surface area contributed by atoms with Crippen LogP contribution < -0.4 is 10.2 Å². The van der Waals surface area contributed by atoms with E-state index in [1.165, 1.54) is 22.6 Å². The highest BCUT2D eigenvalue weighted by Gasteiger charge is 2.27. The molecule has 120 valence electrons. The highest BCUT2D eigenvalue weighted by atomic mass is 35.5. The van der Waals surface area contributed by atoms with Gasteiger partial charge >= 0.3 is 0 Å². The van der Waals surface area contributed by atoms with Crippen LogP contribution in [0.2, 0.25) is 10.3 Å². The third-order valence-corrected chi connectivity index (χ3v) is 4.43. The molecule has 2 heterocycles. The third-order valence-electron chi connectivity index (χ3n) is 4.04. The van der Waals surface area contributed by atoms with Crippen molar-refractivity contribution < 1.29 is 9.69 Å². The van der Waals surface area contributed by atoms with Crippen molar-refractivity contribution >= 4 is 29.1 Å². The van der Waals surface area contributed by atoms with Gasteiger partial charge in [-0.15, -0.1) is 0 Å². The van der Waals surface area contributed by atoms with Gasteiger partial charge in [-0.2, -0.15) is 0 Å². The van der Waals surface area contributed by atoms with Crippen molar-refractivity contribution in [1.29, 1.82) is 0 Å². The molecule has 0 saturated carbocycles. The molecule has 1 aromatic carbocycles. The quantitative estimate of drug-likeness (QED) is 0.828. The second-order valence-electron chi connectivity index (χ2n) is 5.83. The Balaban J connectivity index is 1.56. The van der Waals surface area contributed by atoms with E-state index in [1.807, 2.05) is 6.07 Å². The van der Waals surface area contributed by atoms with Crippen molar-refractivity contribution in [1.82, 2.24) is 10.3 Å². The van der Waals surface area contributed by atoms with Gasteiger partial charge in [0.15, 0.2) is 0 Å². The maximum absolute atomic E-state index is 12.3. The summed E-state index contributed by atoms with van der Waals surface area (Å²) in [5, 5.41) is 3.51. The summed E-state index contributed by atoms with van der Waals surface area (Å²) in [6.07, 6.45) is 0.973. The summed E-state index contributed by atoms with van der Waals surface area (Å²) in [6, 6.07) is 13.7. The predicted octanol–water partition coefficient (Wildman–Crippen LogP) is 1.98. The number of pyridine rings is 1. The number of nitrogens with zero attached hydrogens (tertiary/aromatic N) is 1. The van der Waals surface area contributed by atoms with Crippen LogP contribution in [-0.2, 0) is 6.54 Å².